The van der Waals surface area contributed by atoms with Gasteiger partial charge in [-0.1, -0.05) is 6.07 Å². The third-order valence-corrected chi connectivity index (χ3v) is 5.60. The number of carbonyl (C=O) groups excluding carboxylic acids is 1. The second kappa shape index (κ2) is 9.01. The number of pyridine rings is 1. The van der Waals surface area contributed by atoms with E-state index >= 15 is 0 Å². The molecule has 0 bridgehead atoms. The van der Waals surface area contributed by atoms with Crippen molar-refractivity contribution in [3.63, 3.8) is 0 Å². The smallest absolute Gasteiger partial charge is 0.269 e. The summed E-state index contributed by atoms with van der Waals surface area (Å²) >= 11 is 1.61. The van der Waals surface area contributed by atoms with Gasteiger partial charge in [-0.15, -0.1) is 0 Å². The van der Waals surface area contributed by atoms with Crippen molar-refractivity contribution in [3.05, 3.63) is 70.7 Å². The molecule has 8 heteroatoms. The van der Waals surface area contributed by atoms with Crippen LogP contribution < -0.4 is 14.8 Å². The summed E-state index contributed by atoms with van der Waals surface area (Å²) in [6, 6.07) is 13.1. The van der Waals surface area contributed by atoms with E-state index < -0.39 is 0 Å². The fourth-order valence-corrected chi connectivity index (χ4v) is 3.97. The number of aromatic nitrogens is 3. The number of nitrogens with one attached hydrogen (secondary N) is 1. The maximum absolute atomic E-state index is 12.9. The summed E-state index contributed by atoms with van der Waals surface area (Å²) in [6.45, 7) is 0.362. The molecule has 3 heterocycles. The Bertz CT molecular complexity index is 1200. The standard InChI is InChI=1S/C23H22N4O3S/c1-27-20(12-19(26-27)18-11-17(29-2)6-7-21(18)30-3)23(28)25-13-15-5-4-9-24-22(15)16-8-10-31-14-16/h4-12,14H,13H2,1-3H3,(H,25,28). The molecule has 0 aliphatic rings. The number of benzene rings is 1. The molecule has 0 saturated carbocycles. The zero-order valence-electron chi connectivity index (χ0n) is 17.5. The van der Waals surface area contributed by atoms with Crippen molar-refractivity contribution < 1.29 is 14.3 Å². The van der Waals surface area contributed by atoms with Crippen molar-refractivity contribution in [2.24, 2.45) is 7.05 Å². The highest BCUT2D eigenvalue weighted by Gasteiger charge is 2.18. The summed E-state index contributed by atoms with van der Waals surface area (Å²) in [5.74, 6) is 1.12. The lowest BCUT2D eigenvalue weighted by Crippen LogP contribution is -2.25. The Kier molecular flexibility index (Phi) is 5.99. The highest BCUT2D eigenvalue weighted by Crippen LogP contribution is 2.33. The van der Waals surface area contributed by atoms with E-state index in [4.69, 9.17) is 9.47 Å². The molecule has 31 heavy (non-hydrogen) atoms. The van der Waals surface area contributed by atoms with Crippen LogP contribution in [0.4, 0.5) is 0 Å². The van der Waals surface area contributed by atoms with Crippen LogP contribution in [-0.2, 0) is 13.6 Å². The minimum atomic E-state index is -0.219. The molecule has 0 aliphatic heterocycles. The van der Waals surface area contributed by atoms with Crippen LogP contribution in [0.1, 0.15) is 16.1 Å². The lowest BCUT2D eigenvalue weighted by molar-refractivity contribution is 0.0941. The molecule has 0 spiro atoms. The summed E-state index contributed by atoms with van der Waals surface area (Å²) < 4.78 is 12.3. The first-order chi connectivity index (χ1) is 15.1. The van der Waals surface area contributed by atoms with Crippen LogP contribution in [0.15, 0.2) is 59.4 Å². The van der Waals surface area contributed by atoms with Crippen molar-refractivity contribution in [1.82, 2.24) is 20.1 Å². The maximum atomic E-state index is 12.9. The molecule has 4 aromatic rings. The molecule has 158 valence electrons. The third-order valence-electron chi connectivity index (χ3n) is 4.92. The van der Waals surface area contributed by atoms with Gasteiger partial charge in [-0.2, -0.15) is 16.4 Å². The number of hydrogen-bond donors (Lipinski definition) is 1. The van der Waals surface area contributed by atoms with Gasteiger partial charge in [0, 0.05) is 36.3 Å². The second-order valence-electron chi connectivity index (χ2n) is 6.81. The zero-order chi connectivity index (χ0) is 21.8. The summed E-state index contributed by atoms with van der Waals surface area (Å²) in [5.41, 5.74) is 4.69. The number of nitrogens with zero attached hydrogens (tertiary/aromatic N) is 3. The molecule has 0 radical (unpaired) electrons. The number of ether oxygens (including phenoxy) is 2. The van der Waals surface area contributed by atoms with Crippen molar-refractivity contribution in [3.8, 4) is 34.0 Å². The Hall–Kier alpha value is -3.65. The Labute approximate surface area is 184 Å². The van der Waals surface area contributed by atoms with Crippen LogP contribution in [-0.4, -0.2) is 34.9 Å². The minimum absolute atomic E-state index is 0.219. The predicted molar refractivity (Wildman–Crippen MR) is 120 cm³/mol. The van der Waals surface area contributed by atoms with E-state index in [9.17, 15) is 4.79 Å². The lowest BCUT2D eigenvalue weighted by Gasteiger charge is -2.09. The fourth-order valence-electron chi connectivity index (χ4n) is 3.33. The summed E-state index contributed by atoms with van der Waals surface area (Å²) in [6.07, 6.45) is 1.76. The molecule has 0 saturated heterocycles. The number of thiophene rings is 1. The van der Waals surface area contributed by atoms with Gasteiger partial charge in [-0.05, 0) is 47.3 Å². The van der Waals surface area contributed by atoms with E-state index in [1.54, 1.807) is 49.5 Å². The zero-order valence-corrected chi connectivity index (χ0v) is 18.3. The van der Waals surface area contributed by atoms with E-state index in [1.165, 1.54) is 0 Å². The van der Waals surface area contributed by atoms with E-state index in [0.717, 1.165) is 22.4 Å². The first-order valence-corrected chi connectivity index (χ1v) is 10.6. The summed E-state index contributed by atoms with van der Waals surface area (Å²) in [5, 5.41) is 11.5. The average Bonchev–Trinajstić information content (AvgIpc) is 3.47. The molecule has 4 rings (SSSR count). The largest absolute Gasteiger partial charge is 0.497 e. The van der Waals surface area contributed by atoms with Gasteiger partial charge in [-0.3, -0.25) is 14.5 Å². The fraction of sp³-hybridized carbons (Fsp3) is 0.174. The van der Waals surface area contributed by atoms with Gasteiger partial charge < -0.3 is 14.8 Å². The van der Waals surface area contributed by atoms with E-state index in [2.05, 4.69) is 15.4 Å². The molecule has 0 aliphatic carbocycles. The predicted octanol–water partition coefficient (Wildman–Crippen LogP) is 4.16. The molecule has 3 aromatic heterocycles. The molecular formula is C23H22N4O3S. The monoisotopic (exact) mass is 434 g/mol. The highest BCUT2D eigenvalue weighted by atomic mass is 32.1. The van der Waals surface area contributed by atoms with Gasteiger partial charge in [0.05, 0.1) is 25.6 Å². The SMILES string of the molecule is COc1ccc(OC)c(-c2cc(C(=O)NCc3cccnc3-c3ccsc3)n(C)n2)c1. The normalized spacial score (nSPS) is 10.7. The number of aryl methyl sites for hydroxylation is 1. The Morgan fingerprint density at radius 2 is 2.03 bits per heavy atom. The third kappa shape index (κ3) is 4.29. The molecule has 1 amide bonds. The number of amides is 1. The number of rotatable bonds is 7. The van der Waals surface area contributed by atoms with E-state index in [-0.39, 0.29) is 5.91 Å². The van der Waals surface area contributed by atoms with Gasteiger partial charge in [0.2, 0.25) is 0 Å². The maximum Gasteiger partial charge on any atom is 0.269 e. The second-order valence-corrected chi connectivity index (χ2v) is 7.59. The molecule has 0 atom stereocenters. The van der Waals surface area contributed by atoms with E-state index in [0.29, 0.717) is 29.4 Å². The molecule has 1 N–H and O–H groups in total. The van der Waals surface area contributed by atoms with Crippen LogP contribution in [0, 0.1) is 0 Å². The van der Waals surface area contributed by atoms with E-state index in [1.807, 2.05) is 47.2 Å². The van der Waals surface area contributed by atoms with Gasteiger partial charge in [0.15, 0.2) is 0 Å². The molecular weight excluding hydrogens is 412 g/mol. The lowest BCUT2D eigenvalue weighted by atomic mass is 10.1. The van der Waals surface area contributed by atoms with Gasteiger partial charge in [0.25, 0.3) is 5.91 Å². The quantitative estimate of drug-likeness (QED) is 0.473. The molecule has 0 fully saturated rings. The van der Waals surface area contributed by atoms with Crippen molar-refractivity contribution in [2.75, 3.05) is 14.2 Å². The van der Waals surface area contributed by atoms with Crippen LogP contribution in [0.5, 0.6) is 11.5 Å². The molecule has 0 unspecified atom stereocenters. The summed E-state index contributed by atoms with van der Waals surface area (Å²) in [7, 11) is 4.94. The molecule has 1 aromatic carbocycles. The van der Waals surface area contributed by atoms with Crippen molar-refractivity contribution in [2.45, 2.75) is 6.54 Å². The summed E-state index contributed by atoms with van der Waals surface area (Å²) in [4.78, 5) is 17.4. The number of methoxy groups -OCH3 is 2. The Morgan fingerprint density at radius 1 is 1.16 bits per heavy atom. The number of carbonyl (C=O) groups is 1. The van der Waals surface area contributed by atoms with Crippen LogP contribution in [0.25, 0.3) is 22.5 Å². The average molecular weight is 435 g/mol. The molecule has 7 nitrogen and oxygen atoms in total. The minimum Gasteiger partial charge on any atom is -0.497 e. The Morgan fingerprint density at radius 3 is 2.77 bits per heavy atom. The van der Waals surface area contributed by atoms with Crippen molar-refractivity contribution in [1.29, 1.82) is 0 Å². The van der Waals surface area contributed by atoms with Gasteiger partial charge in [-0.25, -0.2) is 0 Å². The first kappa shape index (κ1) is 20.6. The van der Waals surface area contributed by atoms with Crippen molar-refractivity contribution >= 4 is 17.2 Å². The van der Waals surface area contributed by atoms with Crippen LogP contribution in [0.2, 0.25) is 0 Å². The van der Waals surface area contributed by atoms with Gasteiger partial charge in [0.1, 0.15) is 17.2 Å². The highest BCUT2D eigenvalue weighted by molar-refractivity contribution is 7.08. The topological polar surface area (TPSA) is 78.3 Å². The Balaban J connectivity index is 1.56. The van der Waals surface area contributed by atoms with Crippen LogP contribution in [0.3, 0.4) is 0 Å². The van der Waals surface area contributed by atoms with Crippen LogP contribution >= 0.6 is 11.3 Å². The number of hydrogen-bond acceptors (Lipinski definition) is 6. The first-order valence-electron chi connectivity index (χ1n) is 9.62. The van der Waals surface area contributed by atoms with Gasteiger partial charge >= 0.3 is 0 Å².